The van der Waals surface area contributed by atoms with Crippen molar-refractivity contribution >= 4 is 16.7 Å². The van der Waals surface area contributed by atoms with Gasteiger partial charge in [0.25, 0.3) is 5.56 Å². The number of hydrogen-bond acceptors (Lipinski definition) is 4. The minimum absolute atomic E-state index is 0.162. The maximum Gasteiger partial charge on any atom is 0.272 e. The molecule has 0 saturated heterocycles. The standard InChI is InChI=1S/C21H23N3O3/c1-13-7-6-8-14(2)19(13)27-12-11-22-20(25)15(3)18-16-9-4-5-10-17(16)21(26)24-23-18/h4-10,15H,11-12H2,1-3H3,(H,22,25)(H,24,26). The number of H-pyrrole nitrogens is 1. The fraction of sp³-hybridized carbons (Fsp3) is 0.286. The number of aryl methyl sites for hydroxylation is 2. The maximum absolute atomic E-state index is 12.5. The summed E-state index contributed by atoms with van der Waals surface area (Å²) < 4.78 is 5.81. The molecular weight excluding hydrogens is 342 g/mol. The van der Waals surface area contributed by atoms with Gasteiger partial charge in [0.05, 0.1) is 23.5 Å². The summed E-state index contributed by atoms with van der Waals surface area (Å²) >= 11 is 0. The Hall–Kier alpha value is -3.15. The number of carbonyl (C=O) groups excluding carboxylic acids is 1. The smallest absolute Gasteiger partial charge is 0.272 e. The summed E-state index contributed by atoms with van der Waals surface area (Å²) in [6.45, 7) is 6.53. The molecule has 0 aliphatic rings. The molecule has 27 heavy (non-hydrogen) atoms. The van der Waals surface area contributed by atoms with Crippen LogP contribution in [-0.4, -0.2) is 29.3 Å². The Morgan fingerprint density at radius 3 is 2.48 bits per heavy atom. The van der Waals surface area contributed by atoms with Crippen molar-refractivity contribution in [2.24, 2.45) is 0 Å². The van der Waals surface area contributed by atoms with Crippen LogP contribution in [0.15, 0.2) is 47.3 Å². The van der Waals surface area contributed by atoms with Gasteiger partial charge in [-0.25, -0.2) is 5.10 Å². The van der Waals surface area contributed by atoms with E-state index < -0.39 is 5.92 Å². The second-order valence-electron chi connectivity index (χ2n) is 6.57. The fourth-order valence-corrected chi connectivity index (χ4v) is 3.10. The number of fused-ring (bicyclic) bond motifs is 1. The number of nitrogens with one attached hydrogen (secondary N) is 2. The fourth-order valence-electron chi connectivity index (χ4n) is 3.10. The Bertz CT molecular complexity index is 1010. The van der Waals surface area contributed by atoms with Gasteiger partial charge in [0.15, 0.2) is 0 Å². The predicted molar refractivity (Wildman–Crippen MR) is 105 cm³/mol. The number of rotatable bonds is 6. The van der Waals surface area contributed by atoms with Gasteiger partial charge in [0.1, 0.15) is 12.4 Å². The number of para-hydroxylation sites is 1. The van der Waals surface area contributed by atoms with E-state index in [1.165, 1.54) is 0 Å². The molecule has 3 aromatic rings. The van der Waals surface area contributed by atoms with E-state index >= 15 is 0 Å². The Morgan fingerprint density at radius 2 is 1.78 bits per heavy atom. The lowest BCUT2D eigenvalue weighted by Gasteiger charge is -2.15. The van der Waals surface area contributed by atoms with E-state index in [2.05, 4.69) is 15.5 Å². The number of benzene rings is 2. The Balaban J connectivity index is 1.64. The first-order valence-electron chi connectivity index (χ1n) is 8.93. The number of ether oxygens (including phenoxy) is 1. The third-order valence-corrected chi connectivity index (χ3v) is 4.59. The third-order valence-electron chi connectivity index (χ3n) is 4.59. The highest BCUT2D eigenvalue weighted by molar-refractivity contribution is 5.90. The largest absolute Gasteiger partial charge is 0.491 e. The summed E-state index contributed by atoms with van der Waals surface area (Å²) in [5.74, 6) is 0.199. The van der Waals surface area contributed by atoms with Crippen molar-refractivity contribution in [3.63, 3.8) is 0 Å². The molecule has 0 aliphatic carbocycles. The number of carbonyl (C=O) groups is 1. The Labute approximate surface area is 157 Å². The van der Waals surface area contributed by atoms with E-state index in [1.807, 2.05) is 38.1 Å². The van der Waals surface area contributed by atoms with E-state index in [0.717, 1.165) is 16.9 Å². The Morgan fingerprint density at radius 1 is 1.11 bits per heavy atom. The first-order valence-corrected chi connectivity index (χ1v) is 8.93. The van der Waals surface area contributed by atoms with Crippen molar-refractivity contribution in [3.8, 4) is 5.75 Å². The van der Waals surface area contributed by atoms with Gasteiger partial charge in [-0.05, 0) is 38.0 Å². The van der Waals surface area contributed by atoms with Gasteiger partial charge in [0, 0.05) is 5.39 Å². The van der Waals surface area contributed by atoms with Crippen LogP contribution in [0.5, 0.6) is 5.75 Å². The van der Waals surface area contributed by atoms with Crippen molar-refractivity contribution in [2.45, 2.75) is 26.7 Å². The quantitative estimate of drug-likeness (QED) is 0.658. The van der Waals surface area contributed by atoms with Gasteiger partial charge in [-0.2, -0.15) is 5.10 Å². The molecule has 0 bridgehead atoms. The summed E-state index contributed by atoms with van der Waals surface area (Å²) in [7, 11) is 0. The SMILES string of the molecule is Cc1cccc(C)c1OCCNC(=O)C(C)c1n[nH]c(=O)c2ccccc12. The monoisotopic (exact) mass is 365 g/mol. The van der Waals surface area contributed by atoms with Crippen LogP contribution in [0, 0.1) is 13.8 Å². The summed E-state index contributed by atoms with van der Waals surface area (Å²) in [6, 6.07) is 13.1. The van der Waals surface area contributed by atoms with E-state index in [-0.39, 0.29) is 11.5 Å². The van der Waals surface area contributed by atoms with Crippen LogP contribution >= 0.6 is 0 Å². The van der Waals surface area contributed by atoms with Crippen molar-refractivity contribution in [1.82, 2.24) is 15.5 Å². The molecule has 0 radical (unpaired) electrons. The molecule has 0 saturated carbocycles. The molecule has 3 rings (SSSR count). The molecule has 1 heterocycles. The van der Waals surface area contributed by atoms with E-state index in [0.29, 0.717) is 29.6 Å². The molecule has 6 heteroatoms. The predicted octanol–water partition coefficient (Wildman–Crippen LogP) is 2.84. The van der Waals surface area contributed by atoms with Gasteiger partial charge in [-0.1, -0.05) is 36.4 Å². The van der Waals surface area contributed by atoms with Gasteiger partial charge >= 0.3 is 0 Å². The summed E-state index contributed by atoms with van der Waals surface area (Å²) in [5.41, 5.74) is 2.43. The van der Waals surface area contributed by atoms with Crippen LogP contribution < -0.4 is 15.6 Å². The highest BCUT2D eigenvalue weighted by atomic mass is 16.5. The van der Waals surface area contributed by atoms with Crippen LogP contribution in [0.2, 0.25) is 0 Å². The van der Waals surface area contributed by atoms with Gasteiger partial charge < -0.3 is 10.1 Å². The first kappa shape index (κ1) is 18.6. The molecule has 2 aromatic carbocycles. The molecule has 1 unspecified atom stereocenters. The van der Waals surface area contributed by atoms with Crippen LogP contribution in [0.4, 0.5) is 0 Å². The number of hydrogen-bond donors (Lipinski definition) is 2. The lowest BCUT2D eigenvalue weighted by atomic mass is 10.0. The molecule has 2 N–H and O–H groups in total. The van der Waals surface area contributed by atoms with E-state index in [9.17, 15) is 9.59 Å². The second-order valence-corrected chi connectivity index (χ2v) is 6.57. The highest BCUT2D eigenvalue weighted by Crippen LogP contribution is 2.22. The number of nitrogens with zero attached hydrogens (tertiary/aromatic N) is 1. The average Bonchev–Trinajstić information content (AvgIpc) is 2.67. The van der Waals surface area contributed by atoms with E-state index in [1.54, 1.807) is 25.1 Å². The van der Waals surface area contributed by atoms with Crippen molar-refractivity contribution in [1.29, 1.82) is 0 Å². The van der Waals surface area contributed by atoms with Crippen LogP contribution in [0.25, 0.3) is 10.8 Å². The molecule has 0 aliphatic heterocycles. The molecule has 0 spiro atoms. The summed E-state index contributed by atoms with van der Waals surface area (Å²) in [6.07, 6.45) is 0. The molecule has 1 atom stereocenters. The zero-order valence-electron chi connectivity index (χ0n) is 15.7. The van der Waals surface area contributed by atoms with Crippen molar-refractivity contribution < 1.29 is 9.53 Å². The lowest BCUT2D eigenvalue weighted by Crippen LogP contribution is -2.32. The minimum Gasteiger partial charge on any atom is -0.491 e. The molecule has 1 amide bonds. The normalized spacial score (nSPS) is 12.0. The van der Waals surface area contributed by atoms with Crippen LogP contribution in [0.3, 0.4) is 0 Å². The van der Waals surface area contributed by atoms with Crippen molar-refractivity contribution in [3.05, 3.63) is 69.6 Å². The topological polar surface area (TPSA) is 84.1 Å². The van der Waals surface area contributed by atoms with Gasteiger partial charge in [0.2, 0.25) is 5.91 Å². The molecule has 0 fully saturated rings. The van der Waals surface area contributed by atoms with Crippen molar-refractivity contribution in [2.75, 3.05) is 13.2 Å². The summed E-state index contributed by atoms with van der Waals surface area (Å²) in [5, 5.41) is 10.7. The number of aromatic amines is 1. The number of amides is 1. The average molecular weight is 365 g/mol. The molecule has 1 aromatic heterocycles. The molecular formula is C21H23N3O3. The number of aromatic nitrogens is 2. The maximum atomic E-state index is 12.5. The third kappa shape index (κ3) is 4.00. The Kier molecular flexibility index (Phi) is 5.54. The second kappa shape index (κ2) is 8.03. The first-order chi connectivity index (χ1) is 13.0. The van der Waals surface area contributed by atoms with Crippen LogP contribution in [0.1, 0.15) is 29.7 Å². The van der Waals surface area contributed by atoms with Gasteiger partial charge in [-0.3, -0.25) is 9.59 Å². The highest BCUT2D eigenvalue weighted by Gasteiger charge is 2.20. The zero-order chi connectivity index (χ0) is 19.4. The molecule has 140 valence electrons. The molecule has 6 nitrogen and oxygen atoms in total. The summed E-state index contributed by atoms with van der Waals surface area (Å²) in [4.78, 5) is 24.4. The van der Waals surface area contributed by atoms with Crippen LogP contribution in [-0.2, 0) is 4.79 Å². The van der Waals surface area contributed by atoms with E-state index in [4.69, 9.17) is 4.74 Å². The zero-order valence-corrected chi connectivity index (χ0v) is 15.7. The minimum atomic E-state index is -0.494. The lowest BCUT2D eigenvalue weighted by molar-refractivity contribution is -0.122. The van der Waals surface area contributed by atoms with Gasteiger partial charge in [-0.15, -0.1) is 0 Å².